The van der Waals surface area contributed by atoms with E-state index in [-0.39, 0.29) is 37.9 Å². The van der Waals surface area contributed by atoms with E-state index in [0.29, 0.717) is 0 Å². The van der Waals surface area contributed by atoms with Gasteiger partial charge < -0.3 is 4.90 Å². The van der Waals surface area contributed by atoms with Crippen molar-refractivity contribution in [2.45, 2.75) is 19.0 Å². The van der Waals surface area contributed by atoms with Gasteiger partial charge >= 0.3 is 6.18 Å². The summed E-state index contributed by atoms with van der Waals surface area (Å²) in [6, 6.07) is 1.61. The van der Waals surface area contributed by atoms with Crippen molar-refractivity contribution in [1.29, 1.82) is 0 Å². The molecule has 2 nitrogen and oxygen atoms in total. The molecule has 0 spiro atoms. The number of alkyl halides is 3. The molecule has 1 aliphatic heterocycles. The van der Waals surface area contributed by atoms with E-state index in [2.05, 4.69) is 0 Å². The number of halogens is 5. The van der Waals surface area contributed by atoms with Crippen molar-refractivity contribution in [1.82, 2.24) is 0 Å². The summed E-state index contributed by atoms with van der Waals surface area (Å²) in [6.07, 6.45) is -4.37. The summed E-state index contributed by atoms with van der Waals surface area (Å²) in [5.74, 6) is -3.09. The molecule has 1 saturated heterocycles. The summed E-state index contributed by atoms with van der Waals surface area (Å²) in [5, 5.41) is 0. The Labute approximate surface area is 112 Å². The summed E-state index contributed by atoms with van der Waals surface area (Å²) < 4.78 is 64.8. The van der Waals surface area contributed by atoms with E-state index in [1.54, 1.807) is 0 Å². The van der Waals surface area contributed by atoms with Crippen molar-refractivity contribution in [2.75, 3.05) is 18.0 Å². The van der Waals surface area contributed by atoms with Crippen molar-refractivity contribution >= 4 is 12.0 Å². The van der Waals surface area contributed by atoms with Gasteiger partial charge in [-0.2, -0.15) is 13.2 Å². The van der Waals surface area contributed by atoms with Crippen molar-refractivity contribution < 1.29 is 26.7 Å². The zero-order valence-corrected chi connectivity index (χ0v) is 10.4. The minimum atomic E-state index is -4.25. The van der Waals surface area contributed by atoms with Crippen LogP contribution in [0.15, 0.2) is 12.1 Å². The van der Waals surface area contributed by atoms with E-state index in [1.807, 2.05) is 0 Å². The number of carbonyl (C=O) groups is 1. The fourth-order valence-electron chi connectivity index (χ4n) is 2.33. The van der Waals surface area contributed by atoms with E-state index < -0.39 is 29.3 Å². The smallest absolute Gasteiger partial charge is 0.369 e. The average Bonchev–Trinajstić information content (AvgIpc) is 2.40. The van der Waals surface area contributed by atoms with Crippen LogP contribution in [0.4, 0.5) is 27.6 Å². The summed E-state index contributed by atoms with van der Waals surface area (Å²) in [5.41, 5.74) is -0.509. The van der Waals surface area contributed by atoms with Gasteiger partial charge in [0, 0.05) is 19.2 Å². The second-order valence-electron chi connectivity index (χ2n) is 4.75. The highest BCUT2D eigenvalue weighted by Gasteiger charge is 2.41. The Morgan fingerprint density at radius 2 is 1.70 bits per heavy atom. The minimum Gasteiger partial charge on any atom is -0.369 e. The number of rotatable bonds is 2. The lowest BCUT2D eigenvalue weighted by atomic mass is 9.96. The van der Waals surface area contributed by atoms with Gasteiger partial charge in [0.15, 0.2) is 6.29 Å². The van der Waals surface area contributed by atoms with Crippen LogP contribution in [0.5, 0.6) is 0 Å². The van der Waals surface area contributed by atoms with Gasteiger partial charge in [-0.1, -0.05) is 0 Å². The maximum atomic E-state index is 13.7. The van der Waals surface area contributed by atoms with Gasteiger partial charge in [0.05, 0.1) is 17.2 Å². The molecule has 0 amide bonds. The van der Waals surface area contributed by atoms with E-state index >= 15 is 0 Å². The lowest BCUT2D eigenvalue weighted by Crippen LogP contribution is -2.39. The molecule has 0 unspecified atom stereocenters. The Hall–Kier alpha value is -1.66. The Kier molecular flexibility index (Phi) is 3.96. The molecule has 0 aliphatic carbocycles. The number of benzene rings is 1. The van der Waals surface area contributed by atoms with E-state index in [9.17, 15) is 26.7 Å². The van der Waals surface area contributed by atoms with Crippen molar-refractivity contribution in [3.8, 4) is 0 Å². The van der Waals surface area contributed by atoms with Gasteiger partial charge in [-0.3, -0.25) is 4.79 Å². The first kappa shape index (κ1) is 14.7. The van der Waals surface area contributed by atoms with Gasteiger partial charge in [0.25, 0.3) is 0 Å². The molecule has 110 valence electrons. The zero-order chi connectivity index (χ0) is 14.9. The van der Waals surface area contributed by atoms with E-state index in [1.165, 1.54) is 4.90 Å². The normalized spacial score (nSPS) is 17.4. The minimum absolute atomic E-state index is 0.000965. The highest BCUT2D eigenvalue weighted by atomic mass is 19.4. The Balaban J connectivity index is 2.15. The molecule has 1 fully saturated rings. The van der Waals surface area contributed by atoms with E-state index in [4.69, 9.17) is 0 Å². The lowest BCUT2D eigenvalue weighted by Gasteiger charge is -2.34. The van der Waals surface area contributed by atoms with Crippen LogP contribution in [0.2, 0.25) is 0 Å². The number of carbonyl (C=O) groups excluding carboxylic acids is 1. The predicted molar refractivity (Wildman–Crippen MR) is 62.7 cm³/mol. The largest absolute Gasteiger partial charge is 0.391 e. The zero-order valence-electron chi connectivity index (χ0n) is 10.4. The monoisotopic (exact) mass is 293 g/mol. The molecule has 1 aromatic rings. The molecular weight excluding hydrogens is 281 g/mol. The van der Waals surface area contributed by atoms with Crippen LogP contribution < -0.4 is 4.90 Å². The first-order valence-electron chi connectivity index (χ1n) is 6.09. The number of hydrogen-bond donors (Lipinski definition) is 0. The number of aldehydes is 1. The first-order valence-corrected chi connectivity index (χ1v) is 6.09. The van der Waals surface area contributed by atoms with Crippen molar-refractivity contribution in [3.63, 3.8) is 0 Å². The highest BCUT2D eigenvalue weighted by molar-refractivity contribution is 5.76. The first-order chi connectivity index (χ1) is 9.32. The van der Waals surface area contributed by atoms with Crippen LogP contribution in [0.25, 0.3) is 0 Å². The molecule has 0 saturated carbocycles. The molecule has 0 radical (unpaired) electrons. The maximum Gasteiger partial charge on any atom is 0.391 e. The summed E-state index contributed by atoms with van der Waals surface area (Å²) >= 11 is 0. The van der Waals surface area contributed by atoms with Crippen LogP contribution in [-0.4, -0.2) is 25.6 Å². The fourth-order valence-corrected chi connectivity index (χ4v) is 2.33. The third kappa shape index (κ3) is 2.91. The van der Waals surface area contributed by atoms with Crippen LogP contribution in [-0.2, 0) is 0 Å². The molecule has 20 heavy (non-hydrogen) atoms. The SMILES string of the molecule is O=Cc1cc(F)c(N2CCC(C(F)(F)F)CC2)cc1F. The lowest BCUT2D eigenvalue weighted by molar-refractivity contribution is -0.179. The number of hydrogen-bond acceptors (Lipinski definition) is 2. The Morgan fingerprint density at radius 3 is 2.20 bits per heavy atom. The van der Waals surface area contributed by atoms with E-state index in [0.717, 1.165) is 12.1 Å². The molecule has 7 heteroatoms. The summed E-state index contributed by atoms with van der Waals surface area (Å²) in [4.78, 5) is 11.8. The van der Waals surface area contributed by atoms with Crippen LogP contribution >= 0.6 is 0 Å². The standard InChI is InChI=1S/C13H12F5NO/c14-10-6-12(11(15)5-8(10)7-20)19-3-1-9(2-4-19)13(16,17)18/h5-7,9H,1-4H2. The summed E-state index contributed by atoms with van der Waals surface area (Å²) in [6.45, 7) is 0.00193. The summed E-state index contributed by atoms with van der Waals surface area (Å²) in [7, 11) is 0. The number of piperidine rings is 1. The quantitative estimate of drug-likeness (QED) is 0.614. The van der Waals surface area contributed by atoms with Gasteiger partial charge in [-0.05, 0) is 18.9 Å². The van der Waals surface area contributed by atoms with Crippen LogP contribution in [0, 0.1) is 17.6 Å². The van der Waals surface area contributed by atoms with Gasteiger partial charge in [-0.15, -0.1) is 0 Å². The molecule has 0 atom stereocenters. The molecule has 2 rings (SSSR count). The van der Waals surface area contributed by atoms with Gasteiger partial charge in [-0.25, -0.2) is 8.78 Å². The molecule has 1 aliphatic rings. The fraction of sp³-hybridized carbons (Fsp3) is 0.462. The predicted octanol–water partition coefficient (Wildman–Crippen LogP) is 3.56. The van der Waals surface area contributed by atoms with Crippen molar-refractivity contribution in [3.05, 3.63) is 29.3 Å². The second kappa shape index (κ2) is 5.38. The molecule has 0 N–H and O–H groups in total. The Bertz CT molecular complexity index is 506. The molecule has 1 aromatic carbocycles. The van der Waals surface area contributed by atoms with Crippen LogP contribution in [0.1, 0.15) is 23.2 Å². The van der Waals surface area contributed by atoms with Gasteiger partial charge in [0.1, 0.15) is 11.6 Å². The molecule has 0 aromatic heterocycles. The number of anilines is 1. The molecule has 1 heterocycles. The van der Waals surface area contributed by atoms with Gasteiger partial charge in [0.2, 0.25) is 0 Å². The maximum absolute atomic E-state index is 13.7. The third-order valence-electron chi connectivity index (χ3n) is 3.49. The Morgan fingerprint density at radius 1 is 1.10 bits per heavy atom. The second-order valence-corrected chi connectivity index (χ2v) is 4.75. The molecular formula is C13H12F5NO. The molecule has 0 bridgehead atoms. The van der Waals surface area contributed by atoms with Crippen molar-refractivity contribution in [2.24, 2.45) is 5.92 Å². The third-order valence-corrected chi connectivity index (χ3v) is 3.49. The topological polar surface area (TPSA) is 20.3 Å². The number of nitrogens with zero attached hydrogens (tertiary/aromatic N) is 1. The average molecular weight is 293 g/mol. The van der Waals surface area contributed by atoms with Crippen LogP contribution in [0.3, 0.4) is 0 Å². The highest BCUT2D eigenvalue weighted by Crippen LogP contribution is 2.36.